The number of hydrogen-bond donors (Lipinski definition) is 0. The molecule has 0 aliphatic carbocycles. The van der Waals surface area contributed by atoms with Gasteiger partial charge in [0.2, 0.25) is 0 Å². The lowest BCUT2D eigenvalue weighted by Crippen LogP contribution is -2.30. The van der Waals surface area contributed by atoms with Gasteiger partial charge < -0.3 is 14.2 Å². The van der Waals surface area contributed by atoms with Crippen molar-refractivity contribution in [1.82, 2.24) is 0 Å². The zero-order chi connectivity index (χ0) is 32.4. The quantitative estimate of drug-likeness (QED) is 0.0333. The molecule has 0 bridgehead atoms. The van der Waals surface area contributed by atoms with Gasteiger partial charge in [-0.2, -0.15) is 0 Å². The molecular weight excluding hydrogens is 552 g/mol. The van der Waals surface area contributed by atoms with Gasteiger partial charge in [0.05, 0.1) is 0 Å². The minimum atomic E-state index is -0.772. The second-order valence-corrected chi connectivity index (χ2v) is 11.8. The fourth-order valence-electron chi connectivity index (χ4n) is 4.69. The summed E-state index contributed by atoms with van der Waals surface area (Å²) in [5.74, 6) is -0.940. The Kier molecular flexibility index (Phi) is 31.7. The number of rotatable bonds is 31. The molecule has 0 amide bonds. The van der Waals surface area contributed by atoms with Crippen molar-refractivity contribution in [1.29, 1.82) is 0 Å². The first kappa shape index (κ1) is 41.6. The molecule has 0 aromatic carbocycles. The zero-order valence-corrected chi connectivity index (χ0v) is 28.7. The van der Waals surface area contributed by atoms with Crippen LogP contribution in [0.5, 0.6) is 0 Å². The van der Waals surface area contributed by atoms with Gasteiger partial charge in [0.15, 0.2) is 6.10 Å². The summed E-state index contributed by atoms with van der Waals surface area (Å²) in [6.07, 6.45) is 34.5. The molecule has 0 rings (SSSR count). The first-order valence-electron chi connectivity index (χ1n) is 18.0. The number of allylic oxidation sites excluding steroid dienone is 6. The van der Waals surface area contributed by atoms with Crippen LogP contribution in [0.2, 0.25) is 0 Å². The van der Waals surface area contributed by atoms with Crippen LogP contribution in [0, 0.1) is 0 Å². The monoisotopic (exact) mass is 618 g/mol. The number of carbonyl (C=O) groups excluding carboxylic acids is 3. The summed E-state index contributed by atoms with van der Waals surface area (Å²) in [5.41, 5.74) is 0. The van der Waals surface area contributed by atoms with Gasteiger partial charge in [-0.25, -0.2) is 0 Å². The van der Waals surface area contributed by atoms with Gasteiger partial charge in [0, 0.05) is 19.3 Å². The van der Waals surface area contributed by atoms with E-state index in [-0.39, 0.29) is 31.1 Å². The van der Waals surface area contributed by atoms with Gasteiger partial charge in [0.25, 0.3) is 0 Å². The highest BCUT2D eigenvalue weighted by molar-refractivity contribution is 5.71. The topological polar surface area (TPSA) is 78.9 Å². The second kappa shape index (κ2) is 33.5. The fourth-order valence-corrected chi connectivity index (χ4v) is 4.69. The van der Waals surface area contributed by atoms with Crippen LogP contribution < -0.4 is 0 Å². The number of unbranched alkanes of at least 4 members (excludes halogenated alkanes) is 14. The minimum Gasteiger partial charge on any atom is -0.462 e. The van der Waals surface area contributed by atoms with Gasteiger partial charge in [-0.3, -0.25) is 14.4 Å². The van der Waals surface area contributed by atoms with Crippen molar-refractivity contribution in [2.45, 2.75) is 175 Å². The molecule has 0 fully saturated rings. The molecule has 6 heteroatoms. The van der Waals surface area contributed by atoms with Crippen molar-refractivity contribution in [3.63, 3.8) is 0 Å². The standard InChI is InChI=1S/C38H66O6/c1-4-7-10-13-15-17-18-19-20-21-23-25-28-31-37(40)43-34-35(33-42-36(39)30-27-24-12-9-6-3)44-38(41)32-29-26-22-16-14-11-8-5-2/h7,10,15,17,19-20,35H,4-6,8-9,11-14,16,18,21-34H2,1-3H3/b10-7-,17-15-,20-19-. The van der Waals surface area contributed by atoms with Gasteiger partial charge in [-0.15, -0.1) is 0 Å². The largest absolute Gasteiger partial charge is 0.462 e. The third-order valence-corrected chi connectivity index (χ3v) is 7.41. The van der Waals surface area contributed by atoms with Crippen molar-refractivity contribution in [2.75, 3.05) is 13.2 Å². The average Bonchev–Trinajstić information content (AvgIpc) is 3.02. The minimum absolute atomic E-state index is 0.0821. The Labute approximate surface area is 270 Å². The average molecular weight is 619 g/mol. The molecular formula is C38H66O6. The van der Waals surface area contributed by atoms with E-state index < -0.39 is 6.10 Å². The molecule has 6 nitrogen and oxygen atoms in total. The van der Waals surface area contributed by atoms with Crippen molar-refractivity contribution in [3.05, 3.63) is 36.5 Å². The summed E-state index contributed by atoms with van der Waals surface area (Å²) < 4.78 is 16.4. The van der Waals surface area contributed by atoms with E-state index in [1.54, 1.807) is 0 Å². The van der Waals surface area contributed by atoms with Crippen molar-refractivity contribution in [3.8, 4) is 0 Å². The lowest BCUT2D eigenvalue weighted by Gasteiger charge is -2.18. The fraction of sp³-hybridized carbons (Fsp3) is 0.763. The van der Waals surface area contributed by atoms with Crippen LogP contribution in [-0.2, 0) is 28.6 Å². The molecule has 44 heavy (non-hydrogen) atoms. The van der Waals surface area contributed by atoms with E-state index in [9.17, 15) is 14.4 Å². The van der Waals surface area contributed by atoms with Crippen LogP contribution in [0.25, 0.3) is 0 Å². The molecule has 0 aromatic heterocycles. The van der Waals surface area contributed by atoms with Gasteiger partial charge in [0.1, 0.15) is 13.2 Å². The van der Waals surface area contributed by atoms with E-state index in [0.29, 0.717) is 19.3 Å². The lowest BCUT2D eigenvalue weighted by atomic mass is 10.1. The Morgan fingerprint density at radius 1 is 0.477 bits per heavy atom. The van der Waals surface area contributed by atoms with Gasteiger partial charge >= 0.3 is 17.9 Å². The maximum atomic E-state index is 12.5. The van der Waals surface area contributed by atoms with E-state index in [4.69, 9.17) is 14.2 Å². The Morgan fingerprint density at radius 2 is 0.886 bits per heavy atom. The molecule has 0 saturated heterocycles. The second-order valence-electron chi connectivity index (χ2n) is 11.8. The van der Waals surface area contributed by atoms with E-state index in [1.807, 2.05) is 0 Å². The summed E-state index contributed by atoms with van der Waals surface area (Å²) in [5, 5.41) is 0. The Balaban J connectivity index is 4.35. The molecule has 0 aromatic rings. The predicted molar refractivity (Wildman–Crippen MR) is 182 cm³/mol. The summed E-state index contributed by atoms with van der Waals surface area (Å²) in [7, 11) is 0. The third-order valence-electron chi connectivity index (χ3n) is 7.41. The maximum absolute atomic E-state index is 12.5. The van der Waals surface area contributed by atoms with Crippen molar-refractivity contribution in [2.24, 2.45) is 0 Å². The molecule has 0 heterocycles. The molecule has 1 unspecified atom stereocenters. The Morgan fingerprint density at radius 3 is 1.39 bits per heavy atom. The highest BCUT2D eigenvalue weighted by Gasteiger charge is 2.19. The van der Waals surface area contributed by atoms with Crippen LogP contribution in [0.4, 0.5) is 0 Å². The van der Waals surface area contributed by atoms with Crippen molar-refractivity contribution >= 4 is 17.9 Å². The maximum Gasteiger partial charge on any atom is 0.306 e. The molecule has 254 valence electrons. The number of carbonyl (C=O) groups is 3. The Hall–Kier alpha value is -2.37. The van der Waals surface area contributed by atoms with Gasteiger partial charge in [-0.1, -0.05) is 134 Å². The van der Waals surface area contributed by atoms with Gasteiger partial charge in [-0.05, 0) is 51.4 Å². The first-order valence-corrected chi connectivity index (χ1v) is 18.0. The molecule has 0 N–H and O–H groups in total. The Bertz CT molecular complexity index is 769. The summed E-state index contributed by atoms with van der Waals surface area (Å²) in [4.78, 5) is 37.0. The molecule has 0 aliphatic rings. The molecule has 0 spiro atoms. The predicted octanol–water partition coefficient (Wildman–Crippen LogP) is 10.7. The van der Waals surface area contributed by atoms with E-state index in [2.05, 4.69) is 57.2 Å². The normalized spacial score (nSPS) is 12.3. The molecule has 0 radical (unpaired) electrons. The summed E-state index contributed by atoms with van der Waals surface area (Å²) >= 11 is 0. The lowest BCUT2D eigenvalue weighted by molar-refractivity contribution is -0.167. The third kappa shape index (κ3) is 31.1. The van der Waals surface area contributed by atoms with E-state index in [1.165, 1.54) is 38.5 Å². The molecule has 0 saturated carbocycles. The molecule has 1 atom stereocenters. The zero-order valence-electron chi connectivity index (χ0n) is 28.7. The highest BCUT2D eigenvalue weighted by Crippen LogP contribution is 2.12. The smallest absolute Gasteiger partial charge is 0.306 e. The highest BCUT2D eigenvalue weighted by atomic mass is 16.6. The number of hydrogen-bond acceptors (Lipinski definition) is 6. The van der Waals surface area contributed by atoms with E-state index in [0.717, 1.165) is 89.9 Å². The summed E-state index contributed by atoms with van der Waals surface area (Å²) in [6.45, 7) is 6.34. The van der Waals surface area contributed by atoms with Crippen LogP contribution in [0.1, 0.15) is 168 Å². The van der Waals surface area contributed by atoms with Crippen LogP contribution >= 0.6 is 0 Å². The van der Waals surface area contributed by atoms with Crippen molar-refractivity contribution < 1.29 is 28.6 Å². The number of ether oxygens (including phenoxy) is 3. The van der Waals surface area contributed by atoms with E-state index >= 15 is 0 Å². The molecule has 0 aliphatic heterocycles. The number of esters is 3. The van der Waals surface area contributed by atoms with Crippen LogP contribution in [0.15, 0.2) is 36.5 Å². The SMILES string of the molecule is CC/C=C\C/C=C\C/C=C\CCCCCC(=O)OCC(COC(=O)CCCCCCC)OC(=O)CCCCCCCCCC. The first-order chi connectivity index (χ1) is 21.5. The van der Waals surface area contributed by atoms with Crippen LogP contribution in [0.3, 0.4) is 0 Å². The summed E-state index contributed by atoms with van der Waals surface area (Å²) in [6, 6.07) is 0. The van der Waals surface area contributed by atoms with Crippen LogP contribution in [-0.4, -0.2) is 37.2 Å².